The lowest BCUT2D eigenvalue weighted by molar-refractivity contribution is -0.107. The SMILES string of the molecule is Nc1ccc(N(C=O)c2ccccn2)o1. The molecule has 2 aromatic heterocycles. The Hall–Kier alpha value is -2.30. The largest absolute Gasteiger partial charge is 0.425 e. The van der Waals surface area contributed by atoms with Crippen LogP contribution < -0.4 is 10.6 Å². The lowest BCUT2D eigenvalue weighted by atomic mass is 10.4. The number of hydrogen-bond donors (Lipinski definition) is 1. The van der Waals surface area contributed by atoms with E-state index in [4.69, 9.17) is 10.2 Å². The van der Waals surface area contributed by atoms with E-state index in [-0.39, 0.29) is 5.88 Å². The summed E-state index contributed by atoms with van der Waals surface area (Å²) >= 11 is 0. The van der Waals surface area contributed by atoms with Crippen molar-refractivity contribution >= 4 is 24.0 Å². The van der Waals surface area contributed by atoms with E-state index in [2.05, 4.69) is 4.98 Å². The third-order valence-corrected chi connectivity index (χ3v) is 1.85. The van der Waals surface area contributed by atoms with Crippen LogP contribution in [0.15, 0.2) is 40.9 Å². The number of nitrogens with two attached hydrogens (primary N) is 1. The van der Waals surface area contributed by atoms with Crippen LogP contribution in [0.2, 0.25) is 0 Å². The van der Waals surface area contributed by atoms with Gasteiger partial charge in [-0.25, -0.2) is 9.88 Å². The molecule has 0 saturated carbocycles. The summed E-state index contributed by atoms with van der Waals surface area (Å²) in [4.78, 5) is 16.2. The lowest BCUT2D eigenvalue weighted by Crippen LogP contribution is -2.14. The van der Waals surface area contributed by atoms with Gasteiger partial charge in [0.25, 0.3) is 0 Å². The summed E-state index contributed by atoms with van der Waals surface area (Å²) in [5.41, 5.74) is 5.42. The van der Waals surface area contributed by atoms with E-state index in [9.17, 15) is 4.79 Å². The second-order valence-corrected chi connectivity index (χ2v) is 2.84. The Morgan fingerprint density at radius 3 is 2.73 bits per heavy atom. The van der Waals surface area contributed by atoms with E-state index in [0.717, 1.165) is 0 Å². The van der Waals surface area contributed by atoms with Gasteiger partial charge in [0.1, 0.15) is 5.82 Å². The van der Waals surface area contributed by atoms with Crippen molar-refractivity contribution in [3.63, 3.8) is 0 Å². The van der Waals surface area contributed by atoms with E-state index in [1.165, 1.54) is 4.90 Å². The predicted octanol–water partition coefficient (Wildman–Crippen LogP) is 1.55. The van der Waals surface area contributed by atoms with Gasteiger partial charge in [0.15, 0.2) is 5.88 Å². The number of furan rings is 1. The van der Waals surface area contributed by atoms with Crippen LogP contribution >= 0.6 is 0 Å². The van der Waals surface area contributed by atoms with Crippen molar-refractivity contribution in [3.05, 3.63) is 36.5 Å². The molecule has 0 unspecified atom stereocenters. The normalized spacial score (nSPS) is 9.87. The summed E-state index contributed by atoms with van der Waals surface area (Å²) in [6.07, 6.45) is 2.22. The first-order valence-corrected chi connectivity index (χ1v) is 4.32. The van der Waals surface area contributed by atoms with Gasteiger partial charge in [-0.15, -0.1) is 0 Å². The Kier molecular flexibility index (Phi) is 2.37. The summed E-state index contributed by atoms with van der Waals surface area (Å²) < 4.78 is 5.12. The summed E-state index contributed by atoms with van der Waals surface area (Å²) in [7, 11) is 0. The Bertz CT molecular complexity index is 453. The van der Waals surface area contributed by atoms with Crippen LogP contribution in [0.5, 0.6) is 0 Å². The monoisotopic (exact) mass is 203 g/mol. The maximum atomic E-state index is 10.9. The fraction of sp³-hybridized carbons (Fsp3) is 0. The van der Waals surface area contributed by atoms with Crippen molar-refractivity contribution in [3.8, 4) is 0 Å². The minimum atomic E-state index is 0.257. The maximum absolute atomic E-state index is 10.9. The fourth-order valence-electron chi connectivity index (χ4n) is 1.19. The molecule has 2 heterocycles. The molecule has 0 bridgehead atoms. The maximum Gasteiger partial charge on any atom is 0.222 e. The van der Waals surface area contributed by atoms with Gasteiger partial charge in [0.2, 0.25) is 12.3 Å². The van der Waals surface area contributed by atoms with Crippen LogP contribution in [0.1, 0.15) is 0 Å². The summed E-state index contributed by atoms with van der Waals surface area (Å²) in [5.74, 6) is 1.09. The standard InChI is InChI=1S/C10H9N3O2/c11-8-4-5-10(15-8)13(7-14)9-3-1-2-6-12-9/h1-7H,11H2. The van der Waals surface area contributed by atoms with Crippen molar-refractivity contribution in [2.45, 2.75) is 0 Å². The van der Waals surface area contributed by atoms with Crippen molar-refractivity contribution in [1.82, 2.24) is 4.98 Å². The van der Waals surface area contributed by atoms with Gasteiger partial charge >= 0.3 is 0 Å². The molecule has 0 aromatic carbocycles. The number of pyridine rings is 1. The zero-order valence-electron chi connectivity index (χ0n) is 7.83. The third kappa shape index (κ3) is 1.80. The lowest BCUT2D eigenvalue weighted by Gasteiger charge is -2.11. The van der Waals surface area contributed by atoms with E-state index in [0.29, 0.717) is 18.1 Å². The summed E-state index contributed by atoms with van der Waals surface area (Å²) in [5, 5.41) is 0. The van der Waals surface area contributed by atoms with Gasteiger partial charge in [-0.1, -0.05) is 6.07 Å². The number of aromatic nitrogens is 1. The molecular formula is C10H9N3O2. The highest BCUT2D eigenvalue weighted by atomic mass is 16.4. The van der Waals surface area contributed by atoms with E-state index in [1.807, 2.05) is 0 Å². The molecule has 2 N–H and O–H groups in total. The zero-order chi connectivity index (χ0) is 10.7. The quantitative estimate of drug-likeness (QED) is 0.768. The molecule has 0 radical (unpaired) electrons. The minimum Gasteiger partial charge on any atom is -0.425 e. The molecule has 76 valence electrons. The van der Waals surface area contributed by atoms with E-state index < -0.39 is 0 Å². The van der Waals surface area contributed by atoms with Crippen LogP contribution in [0.25, 0.3) is 0 Å². The molecular weight excluding hydrogens is 194 g/mol. The van der Waals surface area contributed by atoms with Gasteiger partial charge in [-0.3, -0.25) is 4.79 Å². The van der Waals surface area contributed by atoms with E-state index in [1.54, 1.807) is 36.5 Å². The number of rotatable bonds is 3. The molecule has 0 aliphatic heterocycles. The number of anilines is 3. The average Bonchev–Trinajstić information content (AvgIpc) is 2.68. The van der Waals surface area contributed by atoms with Crippen LogP contribution in [0.3, 0.4) is 0 Å². The molecule has 1 amide bonds. The highest BCUT2D eigenvalue weighted by Gasteiger charge is 2.12. The van der Waals surface area contributed by atoms with Crippen molar-refractivity contribution in [2.75, 3.05) is 10.6 Å². The topological polar surface area (TPSA) is 72.4 Å². The molecule has 0 saturated heterocycles. The number of nitrogens with zero attached hydrogens (tertiary/aromatic N) is 2. The Morgan fingerprint density at radius 1 is 1.33 bits per heavy atom. The highest BCUT2D eigenvalue weighted by molar-refractivity contribution is 5.82. The fourth-order valence-corrected chi connectivity index (χ4v) is 1.19. The zero-order valence-corrected chi connectivity index (χ0v) is 7.83. The number of amides is 1. The van der Waals surface area contributed by atoms with Gasteiger partial charge in [-0.05, 0) is 12.1 Å². The third-order valence-electron chi connectivity index (χ3n) is 1.85. The van der Waals surface area contributed by atoms with Crippen LogP contribution in [-0.4, -0.2) is 11.4 Å². The first-order valence-electron chi connectivity index (χ1n) is 4.32. The molecule has 0 spiro atoms. The molecule has 5 nitrogen and oxygen atoms in total. The van der Waals surface area contributed by atoms with Gasteiger partial charge in [-0.2, -0.15) is 0 Å². The molecule has 5 heteroatoms. The van der Waals surface area contributed by atoms with Crippen LogP contribution in [-0.2, 0) is 4.79 Å². The number of nitrogen functional groups attached to an aromatic ring is 1. The summed E-state index contributed by atoms with van der Waals surface area (Å²) in [6, 6.07) is 8.44. The molecule has 2 aromatic rings. The number of carbonyl (C=O) groups is 1. The molecule has 0 aliphatic rings. The summed E-state index contributed by atoms with van der Waals surface area (Å²) in [6.45, 7) is 0. The second kappa shape index (κ2) is 3.83. The van der Waals surface area contributed by atoms with Crippen molar-refractivity contribution < 1.29 is 9.21 Å². The molecule has 15 heavy (non-hydrogen) atoms. The highest BCUT2D eigenvalue weighted by Crippen LogP contribution is 2.24. The smallest absolute Gasteiger partial charge is 0.222 e. The van der Waals surface area contributed by atoms with Gasteiger partial charge in [0, 0.05) is 18.3 Å². The number of carbonyl (C=O) groups excluding carboxylic acids is 1. The molecule has 0 fully saturated rings. The van der Waals surface area contributed by atoms with Gasteiger partial charge < -0.3 is 10.2 Å². The first kappa shape index (κ1) is 9.26. The Morgan fingerprint density at radius 2 is 2.20 bits per heavy atom. The second-order valence-electron chi connectivity index (χ2n) is 2.84. The van der Waals surface area contributed by atoms with Crippen LogP contribution in [0, 0.1) is 0 Å². The molecule has 2 rings (SSSR count). The predicted molar refractivity (Wildman–Crippen MR) is 55.6 cm³/mol. The van der Waals surface area contributed by atoms with Crippen molar-refractivity contribution in [2.24, 2.45) is 0 Å². The van der Waals surface area contributed by atoms with E-state index >= 15 is 0 Å². The molecule has 0 atom stereocenters. The minimum absolute atomic E-state index is 0.257. The Labute approximate surface area is 86.1 Å². The first-order chi connectivity index (χ1) is 7.31. The van der Waals surface area contributed by atoms with Gasteiger partial charge in [0.05, 0.1) is 0 Å². The van der Waals surface area contributed by atoms with Crippen LogP contribution in [0.4, 0.5) is 17.6 Å². The Balaban J connectivity index is 2.37. The van der Waals surface area contributed by atoms with Crippen molar-refractivity contribution in [1.29, 1.82) is 0 Å². The average molecular weight is 203 g/mol. The number of hydrogen-bond acceptors (Lipinski definition) is 4. The molecule has 0 aliphatic carbocycles.